The van der Waals surface area contributed by atoms with Gasteiger partial charge in [-0.3, -0.25) is 14.4 Å². The number of rotatable bonds is 66. The summed E-state index contributed by atoms with van der Waals surface area (Å²) in [4.78, 5) is 38.4. The molecule has 0 fully saturated rings. The largest absolute Gasteiger partial charge is 0.462 e. The lowest BCUT2D eigenvalue weighted by Crippen LogP contribution is -2.30. The molecule has 0 bridgehead atoms. The lowest BCUT2D eigenvalue weighted by atomic mass is 10.0. The minimum atomic E-state index is -0.783. The second-order valence-electron chi connectivity index (χ2n) is 24.1. The van der Waals surface area contributed by atoms with E-state index in [1.165, 1.54) is 257 Å². The molecule has 1 unspecified atom stereocenters. The molecule has 0 radical (unpaired) electrons. The van der Waals surface area contributed by atoms with Crippen LogP contribution in [-0.2, 0) is 28.6 Å². The van der Waals surface area contributed by atoms with Crippen molar-refractivity contribution in [2.24, 2.45) is 0 Å². The minimum absolute atomic E-state index is 0.0771. The van der Waals surface area contributed by atoms with E-state index in [0.717, 1.165) is 83.5 Å². The average Bonchev–Trinajstić information content (AvgIpc) is 3.47. The molecule has 472 valence electrons. The predicted molar refractivity (Wildman–Crippen MR) is 353 cm³/mol. The molecule has 0 N–H and O–H groups in total. The first-order chi connectivity index (χ1) is 40.0. The van der Waals surface area contributed by atoms with Crippen LogP contribution < -0.4 is 0 Å². The second-order valence-corrected chi connectivity index (χ2v) is 24.1. The predicted octanol–water partition coefficient (Wildman–Crippen LogP) is 24.7. The van der Waals surface area contributed by atoms with Gasteiger partial charge >= 0.3 is 17.9 Å². The van der Waals surface area contributed by atoms with Crippen LogP contribution in [0.15, 0.2) is 60.8 Å². The van der Waals surface area contributed by atoms with Crippen LogP contribution in [0.5, 0.6) is 0 Å². The van der Waals surface area contributed by atoms with Crippen molar-refractivity contribution in [3.63, 3.8) is 0 Å². The first-order valence-corrected chi connectivity index (χ1v) is 35.8. The van der Waals surface area contributed by atoms with Gasteiger partial charge in [0.25, 0.3) is 0 Å². The SMILES string of the molecule is CCCCCC/C=C\C/C=C\CCCCCCCC(=O)OCC(COC(=O)CCCCCCCCCCCCCCCCCCC/C=C\C/C=C\CCCCCCC)OC(=O)CCCCCCCCC/C=C\CCCCCCCCC. The zero-order valence-corrected chi connectivity index (χ0v) is 54.3. The fraction of sp³-hybridized carbons (Fsp3) is 0.827. The third-order valence-corrected chi connectivity index (χ3v) is 16.0. The Kier molecular flexibility index (Phi) is 67.1. The van der Waals surface area contributed by atoms with Crippen LogP contribution in [0.2, 0.25) is 0 Å². The van der Waals surface area contributed by atoms with Gasteiger partial charge in [-0.05, 0) is 109 Å². The molecule has 0 amide bonds. The highest BCUT2D eigenvalue weighted by Gasteiger charge is 2.19. The number of carbonyl (C=O) groups is 3. The monoisotopic (exact) mass is 1130 g/mol. The van der Waals surface area contributed by atoms with Gasteiger partial charge in [0.15, 0.2) is 6.10 Å². The van der Waals surface area contributed by atoms with Crippen LogP contribution >= 0.6 is 0 Å². The van der Waals surface area contributed by atoms with Crippen molar-refractivity contribution < 1.29 is 28.6 Å². The maximum atomic E-state index is 12.9. The Hall–Kier alpha value is -2.89. The van der Waals surface area contributed by atoms with E-state index in [-0.39, 0.29) is 31.1 Å². The molecular formula is C75H136O6. The zero-order valence-electron chi connectivity index (χ0n) is 54.3. The summed E-state index contributed by atoms with van der Waals surface area (Å²) in [6.07, 6.45) is 89.6. The van der Waals surface area contributed by atoms with Crippen LogP contribution in [0.4, 0.5) is 0 Å². The van der Waals surface area contributed by atoms with Crippen molar-refractivity contribution in [1.29, 1.82) is 0 Å². The van der Waals surface area contributed by atoms with Gasteiger partial charge in [-0.15, -0.1) is 0 Å². The number of ether oxygens (including phenoxy) is 3. The molecule has 0 spiro atoms. The smallest absolute Gasteiger partial charge is 0.306 e. The molecule has 0 aromatic carbocycles. The summed E-state index contributed by atoms with van der Waals surface area (Å²) in [5.74, 6) is -0.873. The highest BCUT2D eigenvalue weighted by atomic mass is 16.6. The van der Waals surface area contributed by atoms with E-state index in [1.54, 1.807) is 0 Å². The highest BCUT2D eigenvalue weighted by molar-refractivity contribution is 5.71. The number of hydrogen-bond acceptors (Lipinski definition) is 6. The van der Waals surface area contributed by atoms with Gasteiger partial charge in [0, 0.05) is 19.3 Å². The molecule has 0 aliphatic heterocycles. The Bertz CT molecular complexity index is 1440. The Morgan fingerprint density at radius 2 is 0.444 bits per heavy atom. The summed E-state index contributed by atoms with van der Waals surface area (Å²) in [5.41, 5.74) is 0. The number of unbranched alkanes of at least 4 members (excludes halogenated alkanes) is 45. The molecule has 0 saturated heterocycles. The van der Waals surface area contributed by atoms with Crippen LogP contribution in [0.3, 0.4) is 0 Å². The molecular weight excluding hydrogens is 997 g/mol. The molecule has 0 heterocycles. The molecule has 0 aromatic rings. The van der Waals surface area contributed by atoms with Gasteiger partial charge < -0.3 is 14.2 Å². The van der Waals surface area contributed by atoms with Crippen LogP contribution in [-0.4, -0.2) is 37.2 Å². The second kappa shape index (κ2) is 69.6. The Morgan fingerprint density at radius 3 is 0.704 bits per heavy atom. The molecule has 6 heteroatoms. The molecule has 0 saturated carbocycles. The number of esters is 3. The standard InChI is InChI=1S/C75H136O6/c1-4-7-10-13-16-19-22-25-28-31-33-34-35-36-37-38-39-40-41-42-43-45-47-50-53-56-59-62-65-68-74(77)80-71-72(70-79-73(76)67-64-61-58-55-52-49-46-30-27-24-21-18-15-12-9-6-3)81-75(78)69-66-63-60-57-54-51-48-44-32-29-26-23-20-17-14-11-8-5-2/h21-22,24-25,29-33,46,72H,4-20,23,26-28,34-45,47-71H2,1-3H3/b24-21-,25-22-,32-29-,33-31-,46-30-. The van der Waals surface area contributed by atoms with Crippen LogP contribution in [0.1, 0.15) is 380 Å². The van der Waals surface area contributed by atoms with E-state index in [1.807, 2.05) is 0 Å². The van der Waals surface area contributed by atoms with E-state index in [4.69, 9.17) is 14.2 Å². The number of allylic oxidation sites excluding steroid dienone is 10. The zero-order chi connectivity index (χ0) is 58.5. The van der Waals surface area contributed by atoms with Crippen molar-refractivity contribution >= 4 is 17.9 Å². The quantitative estimate of drug-likeness (QED) is 0.0261. The van der Waals surface area contributed by atoms with Crippen molar-refractivity contribution in [1.82, 2.24) is 0 Å². The van der Waals surface area contributed by atoms with Gasteiger partial charge in [0.2, 0.25) is 0 Å². The van der Waals surface area contributed by atoms with Crippen LogP contribution in [0, 0.1) is 0 Å². The van der Waals surface area contributed by atoms with Crippen molar-refractivity contribution in [2.75, 3.05) is 13.2 Å². The summed E-state index contributed by atoms with van der Waals surface area (Å²) >= 11 is 0. The summed E-state index contributed by atoms with van der Waals surface area (Å²) in [6.45, 7) is 6.65. The van der Waals surface area contributed by atoms with E-state index in [2.05, 4.69) is 81.5 Å². The summed E-state index contributed by atoms with van der Waals surface area (Å²) < 4.78 is 17.0. The van der Waals surface area contributed by atoms with E-state index in [0.29, 0.717) is 19.3 Å². The van der Waals surface area contributed by atoms with Crippen molar-refractivity contribution in [2.45, 2.75) is 386 Å². The maximum Gasteiger partial charge on any atom is 0.306 e. The molecule has 6 nitrogen and oxygen atoms in total. The first-order valence-electron chi connectivity index (χ1n) is 35.8. The molecule has 0 aliphatic rings. The van der Waals surface area contributed by atoms with Gasteiger partial charge in [0.05, 0.1) is 0 Å². The van der Waals surface area contributed by atoms with E-state index in [9.17, 15) is 14.4 Å². The molecule has 81 heavy (non-hydrogen) atoms. The summed E-state index contributed by atoms with van der Waals surface area (Å²) in [5, 5.41) is 0. The normalized spacial score (nSPS) is 12.4. The topological polar surface area (TPSA) is 78.9 Å². The molecule has 0 aliphatic carbocycles. The van der Waals surface area contributed by atoms with Gasteiger partial charge in [-0.2, -0.15) is 0 Å². The number of carbonyl (C=O) groups excluding carboxylic acids is 3. The molecule has 0 rings (SSSR count). The average molecular weight is 1130 g/mol. The first kappa shape index (κ1) is 78.1. The minimum Gasteiger partial charge on any atom is -0.462 e. The lowest BCUT2D eigenvalue weighted by Gasteiger charge is -2.18. The summed E-state index contributed by atoms with van der Waals surface area (Å²) in [6, 6.07) is 0. The van der Waals surface area contributed by atoms with Gasteiger partial charge in [-0.25, -0.2) is 0 Å². The van der Waals surface area contributed by atoms with E-state index >= 15 is 0 Å². The van der Waals surface area contributed by atoms with Gasteiger partial charge in [-0.1, -0.05) is 313 Å². The summed E-state index contributed by atoms with van der Waals surface area (Å²) in [7, 11) is 0. The Balaban J connectivity index is 4.25. The number of hydrogen-bond donors (Lipinski definition) is 0. The van der Waals surface area contributed by atoms with Gasteiger partial charge in [0.1, 0.15) is 13.2 Å². The third-order valence-electron chi connectivity index (χ3n) is 16.0. The highest BCUT2D eigenvalue weighted by Crippen LogP contribution is 2.18. The Morgan fingerprint density at radius 1 is 0.247 bits per heavy atom. The fourth-order valence-electron chi connectivity index (χ4n) is 10.6. The molecule has 1 atom stereocenters. The molecule has 0 aromatic heterocycles. The Labute approximate surface area is 504 Å². The van der Waals surface area contributed by atoms with Crippen molar-refractivity contribution in [3.8, 4) is 0 Å². The third kappa shape index (κ3) is 67.8. The lowest BCUT2D eigenvalue weighted by molar-refractivity contribution is -0.167. The maximum absolute atomic E-state index is 12.9. The van der Waals surface area contributed by atoms with Crippen molar-refractivity contribution in [3.05, 3.63) is 60.8 Å². The fourth-order valence-corrected chi connectivity index (χ4v) is 10.6. The van der Waals surface area contributed by atoms with E-state index < -0.39 is 6.10 Å². The van der Waals surface area contributed by atoms with Crippen LogP contribution in [0.25, 0.3) is 0 Å².